The Morgan fingerprint density at radius 3 is 0.643 bits per heavy atom. The van der Waals surface area contributed by atoms with Crippen LogP contribution in [0.5, 0.6) is 0 Å². The van der Waals surface area contributed by atoms with E-state index in [1.165, 1.54) is 14.3 Å². The minimum atomic E-state index is 0. The monoisotopic (exact) mass is 720 g/mol. The van der Waals surface area contributed by atoms with Gasteiger partial charge in [-0.05, 0) is 48.5 Å². The molecule has 0 heterocycles. The average molecular weight is 722 g/mol. The highest BCUT2D eigenvalue weighted by atomic mass is 127. The van der Waals surface area contributed by atoms with Crippen LogP contribution < -0.4 is 76.4 Å². The van der Waals surface area contributed by atoms with E-state index in [4.69, 9.17) is 0 Å². The largest absolute Gasteiger partial charge is 1.00 e. The highest BCUT2D eigenvalue weighted by Crippen LogP contribution is 1.86. The first-order valence-corrected chi connectivity index (χ1v) is 12.7. The molecule has 4 rings (SSSR count). The van der Waals surface area contributed by atoms with Crippen molar-refractivity contribution in [1.29, 1.82) is 0 Å². The number of hydrogen-bond donors (Lipinski definition) is 0. The highest BCUT2D eigenvalue weighted by molar-refractivity contribution is 5.03. The minimum Gasteiger partial charge on any atom is -1.00 e. The van der Waals surface area contributed by atoms with Crippen molar-refractivity contribution in [2.75, 3.05) is 0 Å². The standard InChI is InChI=1S/2C12H10I.2BrH/c2*1-3-7-11(8-4-1)13-12-9-5-2-6-10-12;;/h2*1-10H;2*1H/q2*+1;;/p-2. The average Bonchev–Trinajstić information content (AvgIpc) is 2.72. The van der Waals surface area contributed by atoms with Gasteiger partial charge in [0.1, 0.15) is 0 Å². The van der Waals surface area contributed by atoms with Crippen LogP contribution in [0.3, 0.4) is 0 Å². The second-order valence-corrected chi connectivity index (χ2v) is 11.4. The van der Waals surface area contributed by atoms with Crippen LogP contribution in [-0.4, -0.2) is 0 Å². The molecule has 28 heavy (non-hydrogen) atoms. The molecule has 0 saturated heterocycles. The smallest absolute Gasteiger partial charge is 0.357 e. The summed E-state index contributed by atoms with van der Waals surface area (Å²) in [4.78, 5) is 0. The van der Waals surface area contributed by atoms with E-state index in [9.17, 15) is 0 Å². The van der Waals surface area contributed by atoms with Crippen molar-refractivity contribution < 1.29 is 76.4 Å². The van der Waals surface area contributed by atoms with Crippen LogP contribution in [-0.2, 0) is 0 Å². The van der Waals surface area contributed by atoms with Crippen molar-refractivity contribution >= 4 is 0 Å². The van der Waals surface area contributed by atoms with Gasteiger partial charge in [-0.2, -0.15) is 0 Å². The summed E-state index contributed by atoms with van der Waals surface area (Å²) in [6.07, 6.45) is 0. The van der Waals surface area contributed by atoms with Gasteiger partial charge in [0.05, 0.1) is 0 Å². The fourth-order valence-electron chi connectivity index (χ4n) is 2.16. The highest BCUT2D eigenvalue weighted by Gasteiger charge is 2.13. The lowest BCUT2D eigenvalue weighted by Crippen LogP contribution is -3.61. The van der Waals surface area contributed by atoms with Crippen LogP contribution in [0.1, 0.15) is 0 Å². The predicted octanol–water partition coefficient (Wildman–Crippen LogP) is -6.36. The lowest BCUT2D eigenvalue weighted by atomic mass is 10.4. The van der Waals surface area contributed by atoms with E-state index < -0.39 is 0 Å². The topological polar surface area (TPSA) is 0 Å². The zero-order valence-corrected chi connectivity index (χ0v) is 22.5. The van der Waals surface area contributed by atoms with Crippen LogP contribution >= 0.6 is 0 Å². The number of hydrogen-bond acceptors (Lipinski definition) is 0. The number of halogens is 4. The van der Waals surface area contributed by atoms with Gasteiger partial charge in [-0.3, -0.25) is 0 Å². The van der Waals surface area contributed by atoms with E-state index in [0.717, 1.165) is 0 Å². The van der Waals surface area contributed by atoms with E-state index in [2.05, 4.69) is 121 Å². The van der Waals surface area contributed by atoms with Gasteiger partial charge in [-0.1, -0.05) is 72.8 Å². The molecular weight excluding hydrogens is 702 g/mol. The molecule has 0 fully saturated rings. The van der Waals surface area contributed by atoms with Crippen LogP contribution in [0.15, 0.2) is 121 Å². The van der Waals surface area contributed by atoms with Crippen molar-refractivity contribution in [3.8, 4) is 0 Å². The first-order chi connectivity index (χ1) is 12.9. The molecule has 0 aliphatic rings. The van der Waals surface area contributed by atoms with Crippen LogP contribution in [0.2, 0.25) is 0 Å². The maximum atomic E-state index is 2.21. The molecule has 0 atom stereocenters. The Morgan fingerprint density at radius 2 is 0.464 bits per heavy atom. The summed E-state index contributed by atoms with van der Waals surface area (Å²) < 4.78 is 5.92. The van der Waals surface area contributed by atoms with Gasteiger partial charge in [0.2, 0.25) is 0 Å². The van der Waals surface area contributed by atoms with Gasteiger partial charge in [0.25, 0.3) is 0 Å². The second kappa shape index (κ2) is 15.2. The first-order valence-electron chi connectivity index (χ1n) is 8.40. The number of rotatable bonds is 4. The molecule has 144 valence electrons. The van der Waals surface area contributed by atoms with Crippen LogP contribution in [0.4, 0.5) is 0 Å². The summed E-state index contributed by atoms with van der Waals surface area (Å²) in [5.41, 5.74) is 0. The minimum absolute atomic E-state index is 0. The molecule has 0 aliphatic heterocycles. The molecule has 0 amide bonds. The Morgan fingerprint density at radius 1 is 0.286 bits per heavy atom. The molecule has 0 aliphatic carbocycles. The third-order valence-electron chi connectivity index (χ3n) is 3.37. The van der Waals surface area contributed by atoms with Crippen molar-refractivity contribution in [3.63, 3.8) is 0 Å². The van der Waals surface area contributed by atoms with Crippen molar-refractivity contribution in [2.24, 2.45) is 0 Å². The van der Waals surface area contributed by atoms with Gasteiger partial charge in [-0.15, -0.1) is 0 Å². The third-order valence-corrected chi connectivity index (χ3v) is 8.74. The summed E-state index contributed by atoms with van der Waals surface area (Å²) in [5.74, 6) is 0. The lowest BCUT2D eigenvalue weighted by molar-refractivity contribution is -0.597. The molecule has 0 nitrogen and oxygen atoms in total. The first kappa shape index (κ1) is 25.3. The lowest BCUT2D eigenvalue weighted by Gasteiger charge is -1.84. The maximum Gasteiger partial charge on any atom is 0.357 e. The van der Waals surface area contributed by atoms with Crippen molar-refractivity contribution in [1.82, 2.24) is 0 Å². The molecule has 4 heteroatoms. The summed E-state index contributed by atoms with van der Waals surface area (Å²) in [6, 6.07) is 42.8. The summed E-state index contributed by atoms with van der Waals surface area (Å²) in [7, 11) is 0. The normalized spacial score (nSPS) is 9.14. The maximum absolute atomic E-state index is 2.21. The van der Waals surface area contributed by atoms with Gasteiger partial charge in [0, 0.05) is 0 Å². The Balaban J connectivity index is 0.000000261. The van der Waals surface area contributed by atoms with Gasteiger partial charge >= 0.3 is 42.4 Å². The van der Waals surface area contributed by atoms with Gasteiger partial charge < -0.3 is 34.0 Å². The quantitative estimate of drug-likeness (QED) is 0.184. The number of benzene rings is 4. The van der Waals surface area contributed by atoms with E-state index in [1.807, 2.05) is 0 Å². The van der Waals surface area contributed by atoms with Crippen molar-refractivity contribution in [3.05, 3.63) is 136 Å². The second-order valence-electron chi connectivity index (χ2n) is 5.37. The van der Waals surface area contributed by atoms with Crippen molar-refractivity contribution in [2.45, 2.75) is 0 Å². The zero-order chi connectivity index (χ0) is 17.9. The molecule has 4 aromatic rings. The zero-order valence-electron chi connectivity index (χ0n) is 15.1. The molecule has 0 N–H and O–H groups in total. The van der Waals surface area contributed by atoms with E-state index in [0.29, 0.717) is 0 Å². The van der Waals surface area contributed by atoms with E-state index in [1.54, 1.807) is 0 Å². The van der Waals surface area contributed by atoms with E-state index in [-0.39, 0.29) is 76.4 Å². The van der Waals surface area contributed by atoms with E-state index >= 15 is 0 Å². The van der Waals surface area contributed by atoms with Gasteiger partial charge in [0.15, 0.2) is 14.3 Å². The van der Waals surface area contributed by atoms with Gasteiger partial charge in [-0.25, -0.2) is 0 Å². The summed E-state index contributed by atoms with van der Waals surface area (Å²) in [6.45, 7) is 0. The Labute approximate surface area is 209 Å². The fourth-order valence-corrected chi connectivity index (χ4v) is 6.70. The molecule has 4 aromatic carbocycles. The molecular formula is C24H20Br2I2. The predicted molar refractivity (Wildman–Crippen MR) is 101 cm³/mol. The van der Waals surface area contributed by atoms with Crippen LogP contribution in [0, 0.1) is 14.3 Å². The molecule has 0 radical (unpaired) electrons. The molecule has 0 spiro atoms. The molecule has 0 saturated carbocycles. The third kappa shape index (κ3) is 9.67. The summed E-state index contributed by atoms with van der Waals surface area (Å²) >= 11 is 0.0574. The Bertz CT molecular complexity index is 719. The SMILES string of the molecule is [Br-].[Br-].c1ccc([I+]c2ccccc2)cc1.c1ccc([I+]c2ccccc2)cc1. The van der Waals surface area contributed by atoms with Crippen LogP contribution in [0.25, 0.3) is 0 Å². The Kier molecular flexibility index (Phi) is 13.7. The molecule has 0 unspecified atom stereocenters. The molecule has 0 bridgehead atoms. The summed E-state index contributed by atoms with van der Waals surface area (Å²) in [5, 5.41) is 0. The molecule has 0 aromatic heterocycles. The fraction of sp³-hybridized carbons (Fsp3) is 0. The Hall–Kier alpha value is -0.700.